The molecule has 0 saturated carbocycles. The summed E-state index contributed by atoms with van der Waals surface area (Å²) in [6, 6.07) is 4.77. The number of aliphatic hydroxyl groups excluding tert-OH is 1. The van der Waals surface area contributed by atoms with Gasteiger partial charge in [0.05, 0.1) is 12.7 Å². The Morgan fingerprint density at radius 3 is 2.63 bits per heavy atom. The summed E-state index contributed by atoms with van der Waals surface area (Å²) in [6.07, 6.45) is -0.717. The van der Waals surface area contributed by atoms with Crippen LogP contribution in [0.3, 0.4) is 0 Å². The molecule has 2 N–H and O–H groups in total. The highest BCUT2D eigenvalue weighted by Crippen LogP contribution is 2.18. The molecule has 1 aromatic rings. The zero-order valence-corrected chi connectivity index (χ0v) is 11.6. The fraction of sp³-hybridized carbons (Fsp3) is 0.571. The number of ether oxygens (including phenoxy) is 2. The highest BCUT2D eigenvalue weighted by Gasteiger charge is 2.10. The van der Waals surface area contributed by atoms with Crippen LogP contribution in [0.15, 0.2) is 18.2 Å². The van der Waals surface area contributed by atoms with Crippen LogP contribution in [0.1, 0.15) is 19.4 Å². The summed E-state index contributed by atoms with van der Waals surface area (Å²) in [5, 5.41) is 12.6. The number of nitrogens with one attached hydrogen (secondary N) is 1. The summed E-state index contributed by atoms with van der Waals surface area (Å²) in [5.74, 6) is -0.284. The number of hydrogen-bond donors (Lipinski definition) is 2. The van der Waals surface area contributed by atoms with Crippen molar-refractivity contribution in [2.24, 2.45) is 0 Å². The molecule has 0 radical (unpaired) electrons. The third-order valence-electron chi connectivity index (χ3n) is 2.43. The first kappa shape index (κ1) is 15.9. The second kappa shape index (κ2) is 8.09. The van der Waals surface area contributed by atoms with Crippen molar-refractivity contribution in [3.63, 3.8) is 0 Å². The molecule has 0 aromatic heterocycles. The lowest BCUT2D eigenvalue weighted by atomic mass is 10.2. The lowest BCUT2D eigenvalue weighted by molar-refractivity contribution is -0.0127. The molecule has 0 bridgehead atoms. The summed E-state index contributed by atoms with van der Waals surface area (Å²) < 4.78 is 24.2. The molecular formula is C14H22FNO3. The van der Waals surface area contributed by atoms with E-state index in [1.54, 1.807) is 19.2 Å². The average molecular weight is 271 g/mol. The van der Waals surface area contributed by atoms with Crippen LogP contribution in [-0.2, 0) is 11.3 Å². The third kappa shape index (κ3) is 6.00. The molecule has 1 aromatic carbocycles. The van der Waals surface area contributed by atoms with E-state index >= 15 is 0 Å². The first-order valence-corrected chi connectivity index (χ1v) is 6.38. The number of rotatable bonds is 8. The van der Waals surface area contributed by atoms with Crippen molar-refractivity contribution < 1.29 is 19.0 Å². The summed E-state index contributed by atoms with van der Waals surface area (Å²) in [5.41, 5.74) is 0.844. The molecular weight excluding hydrogens is 249 g/mol. The Hall–Kier alpha value is -1.17. The van der Waals surface area contributed by atoms with E-state index in [0.717, 1.165) is 5.56 Å². The van der Waals surface area contributed by atoms with Crippen LogP contribution in [-0.4, -0.2) is 37.6 Å². The second-order valence-corrected chi connectivity index (χ2v) is 4.64. The molecule has 0 aliphatic rings. The quantitative estimate of drug-likeness (QED) is 0.756. The largest absolute Gasteiger partial charge is 0.488 e. The minimum absolute atomic E-state index is 0.00894. The molecule has 1 unspecified atom stereocenters. The van der Waals surface area contributed by atoms with Gasteiger partial charge in [-0.3, -0.25) is 0 Å². The maximum absolute atomic E-state index is 13.7. The van der Waals surface area contributed by atoms with Gasteiger partial charge in [-0.1, -0.05) is 6.07 Å². The number of benzene rings is 1. The summed E-state index contributed by atoms with van der Waals surface area (Å²) in [6.45, 7) is 4.55. The minimum Gasteiger partial charge on any atom is -0.488 e. The number of aliphatic hydroxyl groups is 1. The summed E-state index contributed by atoms with van der Waals surface area (Å²) >= 11 is 0. The standard InChI is InChI=1S/C14H22FNO3/c1-10(2)18-8-12(17)9-19-14-5-4-11(7-16-3)6-13(14)15/h4-6,10,12,16-17H,7-9H2,1-3H3. The van der Waals surface area contributed by atoms with Crippen molar-refractivity contribution in [2.75, 3.05) is 20.3 Å². The summed E-state index contributed by atoms with van der Waals surface area (Å²) in [4.78, 5) is 0. The predicted octanol–water partition coefficient (Wildman–Crippen LogP) is 1.71. The second-order valence-electron chi connectivity index (χ2n) is 4.64. The Morgan fingerprint density at radius 2 is 2.05 bits per heavy atom. The van der Waals surface area contributed by atoms with Crippen molar-refractivity contribution in [3.8, 4) is 5.75 Å². The SMILES string of the molecule is CNCc1ccc(OCC(O)COC(C)C)c(F)c1. The van der Waals surface area contributed by atoms with Gasteiger partial charge in [-0.15, -0.1) is 0 Å². The van der Waals surface area contributed by atoms with Gasteiger partial charge in [0.15, 0.2) is 11.6 Å². The molecule has 108 valence electrons. The van der Waals surface area contributed by atoms with E-state index in [2.05, 4.69) is 5.32 Å². The zero-order valence-electron chi connectivity index (χ0n) is 11.6. The highest BCUT2D eigenvalue weighted by atomic mass is 19.1. The maximum Gasteiger partial charge on any atom is 0.165 e. The van der Waals surface area contributed by atoms with Crippen LogP contribution in [0.4, 0.5) is 4.39 Å². The first-order chi connectivity index (χ1) is 9.02. The molecule has 1 atom stereocenters. The van der Waals surface area contributed by atoms with Crippen LogP contribution in [0, 0.1) is 5.82 Å². The van der Waals surface area contributed by atoms with Crippen molar-refractivity contribution >= 4 is 0 Å². The fourth-order valence-electron chi connectivity index (χ4n) is 1.51. The maximum atomic E-state index is 13.7. The van der Waals surface area contributed by atoms with E-state index in [1.165, 1.54) is 6.07 Å². The van der Waals surface area contributed by atoms with Crippen molar-refractivity contribution in [2.45, 2.75) is 32.6 Å². The van der Waals surface area contributed by atoms with Gasteiger partial charge in [0.25, 0.3) is 0 Å². The lowest BCUT2D eigenvalue weighted by Gasteiger charge is -2.15. The zero-order chi connectivity index (χ0) is 14.3. The van der Waals surface area contributed by atoms with Gasteiger partial charge in [0, 0.05) is 6.54 Å². The van der Waals surface area contributed by atoms with E-state index < -0.39 is 11.9 Å². The Morgan fingerprint density at radius 1 is 1.32 bits per heavy atom. The lowest BCUT2D eigenvalue weighted by Crippen LogP contribution is -2.25. The monoisotopic (exact) mass is 271 g/mol. The molecule has 0 aliphatic carbocycles. The molecule has 0 amide bonds. The van der Waals surface area contributed by atoms with Crippen molar-refractivity contribution in [1.82, 2.24) is 5.32 Å². The summed E-state index contributed by atoms with van der Waals surface area (Å²) in [7, 11) is 1.80. The average Bonchev–Trinajstić information content (AvgIpc) is 2.35. The van der Waals surface area contributed by atoms with Gasteiger partial charge in [0.1, 0.15) is 12.7 Å². The van der Waals surface area contributed by atoms with Gasteiger partial charge in [-0.25, -0.2) is 4.39 Å². The molecule has 0 saturated heterocycles. The smallest absolute Gasteiger partial charge is 0.165 e. The molecule has 5 heteroatoms. The van der Waals surface area contributed by atoms with Gasteiger partial charge < -0.3 is 19.9 Å². The van der Waals surface area contributed by atoms with E-state index in [-0.39, 0.29) is 25.1 Å². The van der Waals surface area contributed by atoms with Gasteiger partial charge in [0.2, 0.25) is 0 Å². The minimum atomic E-state index is -0.765. The predicted molar refractivity (Wildman–Crippen MR) is 71.8 cm³/mol. The highest BCUT2D eigenvalue weighted by molar-refractivity contribution is 5.29. The van der Waals surface area contributed by atoms with Crippen LogP contribution >= 0.6 is 0 Å². The van der Waals surface area contributed by atoms with E-state index in [9.17, 15) is 9.50 Å². The van der Waals surface area contributed by atoms with Gasteiger partial charge >= 0.3 is 0 Å². The fourth-order valence-corrected chi connectivity index (χ4v) is 1.51. The van der Waals surface area contributed by atoms with Crippen LogP contribution in [0.5, 0.6) is 5.75 Å². The molecule has 0 spiro atoms. The van der Waals surface area contributed by atoms with Gasteiger partial charge in [-0.05, 0) is 38.6 Å². The molecule has 1 rings (SSSR count). The topological polar surface area (TPSA) is 50.7 Å². The van der Waals surface area contributed by atoms with Crippen LogP contribution < -0.4 is 10.1 Å². The Bertz CT molecular complexity index is 385. The number of hydrogen-bond acceptors (Lipinski definition) is 4. The molecule has 0 heterocycles. The Labute approximate surface area is 113 Å². The van der Waals surface area contributed by atoms with E-state index in [0.29, 0.717) is 6.54 Å². The van der Waals surface area contributed by atoms with E-state index in [4.69, 9.17) is 9.47 Å². The van der Waals surface area contributed by atoms with Crippen LogP contribution in [0.2, 0.25) is 0 Å². The molecule has 0 aliphatic heterocycles. The first-order valence-electron chi connectivity index (χ1n) is 6.38. The number of halogens is 1. The molecule has 0 fully saturated rings. The molecule has 4 nitrogen and oxygen atoms in total. The Kier molecular flexibility index (Phi) is 6.77. The Balaban J connectivity index is 2.44. The molecule has 19 heavy (non-hydrogen) atoms. The van der Waals surface area contributed by atoms with Gasteiger partial charge in [-0.2, -0.15) is 0 Å². The normalized spacial score (nSPS) is 12.7. The van der Waals surface area contributed by atoms with Crippen molar-refractivity contribution in [1.29, 1.82) is 0 Å². The van der Waals surface area contributed by atoms with Crippen molar-refractivity contribution in [3.05, 3.63) is 29.6 Å². The van der Waals surface area contributed by atoms with Crippen LogP contribution in [0.25, 0.3) is 0 Å². The van der Waals surface area contributed by atoms with E-state index in [1.807, 2.05) is 13.8 Å². The third-order valence-corrected chi connectivity index (χ3v) is 2.43.